The number of carbonyl (C=O) groups is 3. The van der Waals surface area contributed by atoms with Gasteiger partial charge in [-0.1, -0.05) is 48.0 Å². The first-order valence-corrected chi connectivity index (χ1v) is 11.4. The summed E-state index contributed by atoms with van der Waals surface area (Å²) in [6.07, 6.45) is -0.869. The molecule has 8 nitrogen and oxygen atoms in total. The third-order valence-corrected chi connectivity index (χ3v) is 5.69. The molecule has 0 aliphatic carbocycles. The fraction of sp³-hybridized carbons (Fsp3) is 0.192. The summed E-state index contributed by atoms with van der Waals surface area (Å²) in [5.74, 6) is -0.411. The molecule has 2 atom stereocenters. The number of hydrogen-bond acceptors (Lipinski definition) is 5. The number of halogens is 1. The lowest BCUT2D eigenvalue weighted by atomic mass is 9.92. The molecule has 0 aromatic heterocycles. The zero-order valence-electron chi connectivity index (χ0n) is 19.2. The first-order chi connectivity index (χ1) is 16.9. The van der Waals surface area contributed by atoms with Gasteiger partial charge < -0.3 is 14.8 Å². The summed E-state index contributed by atoms with van der Waals surface area (Å²) in [4.78, 5) is 37.7. The lowest BCUT2D eigenvalue weighted by molar-refractivity contribution is -0.169. The number of β-lactam (4-membered cyclic amide) rings is 1. The summed E-state index contributed by atoms with van der Waals surface area (Å²) >= 11 is 6.43. The Labute approximate surface area is 207 Å². The van der Waals surface area contributed by atoms with Gasteiger partial charge in [0.25, 0.3) is 11.8 Å². The van der Waals surface area contributed by atoms with Gasteiger partial charge in [0, 0.05) is 23.7 Å². The number of benzene rings is 3. The molecule has 0 saturated carbocycles. The maximum atomic E-state index is 13.2. The van der Waals surface area contributed by atoms with E-state index in [1.165, 1.54) is 18.0 Å². The van der Waals surface area contributed by atoms with Crippen molar-refractivity contribution in [2.45, 2.75) is 26.0 Å². The smallest absolute Gasteiger partial charge is 0.285 e. The molecule has 1 heterocycles. The summed E-state index contributed by atoms with van der Waals surface area (Å²) < 4.78 is 11.6. The normalized spacial score (nSPS) is 16.8. The largest absolute Gasteiger partial charge is 0.493 e. The van der Waals surface area contributed by atoms with Crippen LogP contribution in [0.2, 0.25) is 5.02 Å². The molecule has 0 bridgehead atoms. The van der Waals surface area contributed by atoms with Gasteiger partial charge >= 0.3 is 0 Å². The zero-order valence-corrected chi connectivity index (χ0v) is 19.9. The Morgan fingerprint density at radius 2 is 1.74 bits per heavy atom. The van der Waals surface area contributed by atoms with Crippen molar-refractivity contribution in [3.63, 3.8) is 0 Å². The van der Waals surface area contributed by atoms with Gasteiger partial charge in [-0.2, -0.15) is 0 Å². The number of hydrazine groups is 1. The number of carbonyl (C=O) groups excluding carboxylic acids is 3. The van der Waals surface area contributed by atoms with E-state index in [0.29, 0.717) is 28.6 Å². The van der Waals surface area contributed by atoms with Crippen molar-refractivity contribution in [1.82, 2.24) is 10.4 Å². The van der Waals surface area contributed by atoms with Gasteiger partial charge in [-0.15, -0.1) is 0 Å². The second-order valence-electron chi connectivity index (χ2n) is 7.79. The highest BCUT2D eigenvalue weighted by Gasteiger charge is 2.52. The zero-order chi connectivity index (χ0) is 24.9. The third-order valence-electron chi connectivity index (χ3n) is 5.34. The fourth-order valence-corrected chi connectivity index (χ4v) is 4.05. The number of amides is 3. The summed E-state index contributed by atoms with van der Waals surface area (Å²) in [7, 11) is 0. The van der Waals surface area contributed by atoms with Crippen LogP contribution in [0.15, 0.2) is 72.8 Å². The van der Waals surface area contributed by atoms with Crippen molar-refractivity contribution < 1.29 is 23.9 Å². The molecule has 1 aliphatic heterocycles. The molecule has 180 valence electrons. The predicted molar refractivity (Wildman–Crippen MR) is 131 cm³/mol. The third kappa shape index (κ3) is 5.22. The lowest BCUT2D eigenvalue weighted by Crippen LogP contribution is -2.67. The van der Waals surface area contributed by atoms with Crippen molar-refractivity contribution >= 4 is 35.0 Å². The Bertz CT molecular complexity index is 1250. The molecule has 3 aromatic rings. The van der Waals surface area contributed by atoms with Crippen LogP contribution in [0, 0.1) is 0 Å². The second kappa shape index (κ2) is 10.5. The van der Waals surface area contributed by atoms with Crippen molar-refractivity contribution in [3.8, 4) is 11.5 Å². The van der Waals surface area contributed by atoms with E-state index in [0.717, 1.165) is 0 Å². The van der Waals surface area contributed by atoms with E-state index in [-0.39, 0.29) is 17.2 Å². The van der Waals surface area contributed by atoms with Crippen LogP contribution in [-0.4, -0.2) is 35.4 Å². The van der Waals surface area contributed by atoms with Gasteiger partial charge in [-0.25, -0.2) is 5.01 Å². The first kappa shape index (κ1) is 24.1. The van der Waals surface area contributed by atoms with Crippen molar-refractivity contribution in [2.75, 3.05) is 11.9 Å². The molecule has 35 heavy (non-hydrogen) atoms. The second-order valence-corrected chi connectivity index (χ2v) is 8.20. The highest BCUT2D eigenvalue weighted by Crippen LogP contribution is 2.39. The first-order valence-electron chi connectivity index (χ1n) is 11.0. The van der Waals surface area contributed by atoms with Crippen LogP contribution >= 0.6 is 11.6 Å². The number of para-hydroxylation sites is 1. The van der Waals surface area contributed by atoms with E-state index in [2.05, 4.69) is 10.7 Å². The molecule has 3 amide bonds. The van der Waals surface area contributed by atoms with E-state index >= 15 is 0 Å². The number of nitrogens with one attached hydrogen (secondary N) is 2. The Balaban J connectivity index is 1.61. The van der Waals surface area contributed by atoms with Crippen LogP contribution < -0.4 is 20.2 Å². The van der Waals surface area contributed by atoms with Crippen LogP contribution in [0.4, 0.5) is 5.69 Å². The van der Waals surface area contributed by atoms with Crippen LogP contribution in [-0.2, 0) is 9.59 Å². The summed E-state index contributed by atoms with van der Waals surface area (Å²) in [6.45, 7) is 3.48. The number of ether oxygens (including phenoxy) is 2. The molecule has 0 spiro atoms. The Morgan fingerprint density at radius 3 is 2.43 bits per heavy atom. The Hall–Kier alpha value is -4.04. The molecule has 0 radical (unpaired) electrons. The van der Waals surface area contributed by atoms with Crippen molar-refractivity contribution in [2.24, 2.45) is 0 Å². The van der Waals surface area contributed by atoms with Crippen LogP contribution in [0.25, 0.3) is 0 Å². The highest BCUT2D eigenvalue weighted by atomic mass is 35.5. The van der Waals surface area contributed by atoms with E-state index in [9.17, 15) is 14.4 Å². The molecule has 3 aromatic carbocycles. The minimum Gasteiger partial charge on any atom is -0.493 e. The molecule has 9 heteroatoms. The summed E-state index contributed by atoms with van der Waals surface area (Å²) in [6, 6.07) is 20.1. The number of nitrogens with zero attached hydrogens (tertiary/aromatic N) is 1. The number of anilines is 1. The summed E-state index contributed by atoms with van der Waals surface area (Å²) in [5, 5.41) is 4.32. The van der Waals surface area contributed by atoms with Gasteiger partial charge in [0.15, 0.2) is 0 Å². The SMILES string of the molecule is CCOc1cc(NC(C)=O)ccc1C(=O)NN1C(=O)[C@@H](Oc2ccccc2)[C@H]1c1ccccc1Cl. The van der Waals surface area contributed by atoms with Gasteiger partial charge in [0.2, 0.25) is 12.0 Å². The van der Waals surface area contributed by atoms with E-state index < -0.39 is 24.0 Å². The summed E-state index contributed by atoms with van der Waals surface area (Å²) in [5.41, 5.74) is 4.01. The quantitative estimate of drug-likeness (QED) is 0.454. The molecule has 1 fully saturated rings. The maximum Gasteiger partial charge on any atom is 0.285 e. The number of rotatable bonds is 8. The topological polar surface area (TPSA) is 97.0 Å². The minimum atomic E-state index is -0.869. The van der Waals surface area contributed by atoms with Crippen molar-refractivity contribution in [3.05, 3.63) is 88.9 Å². The number of hydrogen-bond donors (Lipinski definition) is 2. The molecule has 1 aliphatic rings. The van der Waals surface area contributed by atoms with E-state index in [4.69, 9.17) is 21.1 Å². The van der Waals surface area contributed by atoms with Gasteiger partial charge in [0.1, 0.15) is 17.5 Å². The highest BCUT2D eigenvalue weighted by molar-refractivity contribution is 6.31. The van der Waals surface area contributed by atoms with Gasteiger partial charge in [-0.05, 0) is 42.8 Å². The van der Waals surface area contributed by atoms with Crippen LogP contribution in [0.5, 0.6) is 11.5 Å². The minimum absolute atomic E-state index is 0.207. The molecule has 2 N–H and O–H groups in total. The lowest BCUT2D eigenvalue weighted by Gasteiger charge is -2.46. The van der Waals surface area contributed by atoms with Gasteiger partial charge in [0.05, 0.1) is 12.2 Å². The molecule has 4 rings (SSSR count). The molecular formula is C26H24ClN3O5. The van der Waals surface area contributed by atoms with Crippen molar-refractivity contribution in [1.29, 1.82) is 0 Å². The fourth-order valence-electron chi connectivity index (χ4n) is 3.80. The molecule has 1 saturated heterocycles. The van der Waals surface area contributed by atoms with Gasteiger partial charge in [-0.3, -0.25) is 19.8 Å². The Morgan fingerprint density at radius 1 is 1.03 bits per heavy atom. The van der Waals surface area contributed by atoms with E-state index in [1.54, 1.807) is 55.5 Å². The average molecular weight is 494 g/mol. The molecule has 0 unspecified atom stereocenters. The van der Waals surface area contributed by atoms with Crippen LogP contribution in [0.3, 0.4) is 0 Å². The Kier molecular flexibility index (Phi) is 7.22. The average Bonchev–Trinajstić information content (AvgIpc) is 2.84. The van der Waals surface area contributed by atoms with E-state index in [1.807, 2.05) is 18.2 Å². The van der Waals surface area contributed by atoms with Crippen LogP contribution in [0.1, 0.15) is 35.8 Å². The monoisotopic (exact) mass is 493 g/mol. The predicted octanol–water partition coefficient (Wildman–Crippen LogP) is 4.37. The standard InChI is InChI=1S/C26H24ClN3O5/c1-3-34-22-15-17(28-16(2)31)13-14-20(22)25(32)29-30-23(19-11-7-8-12-21(19)27)24(26(30)33)35-18-9-5-4-6-10-18/h4-15,23-24H,3H2,1-2H3,(H,28,31)(H,29,32)/t23-,24+/m1/s1. The maximum absolute atomic E-state index is 13.2. The molecular weight excluding hydrogens is 470 g/mol.